The predicted octanol–water partition coefficient (Wildman–Crippen LogP) is 6.46. The summed E-state index contributed by atoms with van der Waals surface area (Å²) in [6, 6.07) is 6.85. The van der Waals surface area contributed by atoms with E-state index in [1.54, 1.807) is 25.3 Å². The van der Waals surface area contributed by atoms with Crippen molar-refractivity contribution >= 4 is 0 Å². The molecule has 6 heteroatoms. The van der Waals surface area contributed by atoms with Crippen LogP contribution in [0.2, 0.25) is 0 Å². The summed E-state index contributed by atoms with van der Waals surface area (Å²) < 4.78 is 56.5. The van der Waals surface area contributed by atoms with E-state index in [1.807, 2.05) is 0 Å². The van der Waals surface area contributed by atoms with Crippen LogP contribution < -0.4 is 0 Å². The number of benzene rings is 1. The molecule has 146 valence electrons. The highest BCUT2D eigenvalue weighted by Gasteiger charge is 2.35. The molecule has 2 rings (SSSR count). The molecule has 27 heavy (non-hydrogen) atoms. The highest BCUT2D eigenvalue weighted by molar-refractivity contribution is 5.27. The molecule has 2 nitrogen and oxygen atoms in total. The third kappa shape index (κ3) is 5.93. The first-order valence-electron chi connectivity index (χ1n) is 8.94. The zero-order valence-electron chi connectivity index (χ0n) is 15.2. The number of alkyl halides is 3. The van der Waals surface area contributed by atoms with Crippen LogP contribution in [0, 0.1) is 11.3 Å². The Kier molecular flexibility index (Phi) is 7.20. The Morgan fingerprint density at radius 1 is 1.26 bits per heavy atom. The number of hydrogen-bond acceptors (Lipinski definition) is 2. The number of nitriles is 1. The van der Waals surface area contributed by atoms with Crippen molar-refractivity contribution in [3.63, 3.8) is 0 Å². The molecule has 0 atom stereocenters. The molecule has 0 heterocycles. The average Bonchev–Trinajstić information content (AvgIpc) is 2.67. The maximum Gasteiger partial charge on any atom is 0.416 e. The molecule has 1 aromatic carbocycles. The summed E-state index contributed by atoms with van der Waals surface area (Å²) in [5, 5.41) is 8.35. The van der Waals surface area contributed by atoms with Gasteiger partial charge >= 0.3 is 6.18 Å². The molecule has 0 radical (unpaired) electrons. The van der Waals surface area contributed by atoms with Crippen molar-refractivity contribution in [1.82, 2.24) is 0 Å². The minimum atomic E-state index is -4.31. The monoisotopic (exact) mass is 381 g/mol. The van der Waals surface area contributed by atoms with Gasteiger partial charge in [-0.2, -0.15) is 22.8 Å². The van der Waals surface area contributed by atoms with Gasteiger partial charge in [-0.1, -0.05) is 24.3 Å². The van der Waals surface area contributed by atoms with Crippen LogP contribution in [-0.2, 0) is 10.9 Å². The van der Waals surface area contributed by atoms with Gasteiger partial charge in [0.05, 0.1) is 11.2 Å². The van der Waals surface area contributed by atoms with Gasteiger partial charge in [0.15, 0.2) is 5.83 Å². The van der Waals surface area contributed by atoms with Crippen LogP contribution in [0.15, 0.2) is 48.3 Å². The Morgan fingerprint density at radius 3 is 2.41 bits per heavy atom. The minimum Gasteiger partial charge on any atom is -0.378 e. The lowest BCUT2D eigenvalue weighted by atomic mass is 9.74. The second kappa shape index (κ2) is 9.18. The second-order valence-electron chi connectivity index (χ2n) is 6.87. The Hall–Kier alpha value is -2.13. The van der Waals surface area contributed by atoms with Crippen LogP contribution in [0.5, 0.6) is 0 Å². The molecule has 1 aliphatic rings. The normalized spacial score (nSPS) is 24.1. The smallest absolute Gasteiger partial charge is 0.378 e. The summed E-state index contributed by atoms with van der Waals surface area (Å²) in [7, 11) is 1.68. The van der Waals surface area contributed by atoms with Gasteiger partial charge in [-0.25, -0.2) is 0 Å². The fraction of sp³-hybridized carbons (Fsp3) is 0.476. The van der Waals surface area contributed by atoms with E-state index in [-0.39, 0.29) is 11.5 Å². The molecule has 0 amide bonds. The molecule has 0 aromatic heterocycles. The maximum atomic E-state index is 12.7. The fourth-order valence-electron chi connectivity index (χ4n) is 3.61. The number of ether oxygens (including phenoxy) is 1. The topological polar surface area (TPSA) is 33.0 Å². The van der Waals surface area contributed by atoms with Gasteiger partial charge in [0.2, 0.25) is 0 Å². The number of hydrogen-bond donors (Lipinski definition) is 0. The lowest BCUT2D eigenvalue weighted by Gasteiger charge is -2.39. The van der Waals surface area contributed by atoms with E-state index in [0.717, 1.165) is 55.9 Å². The zero-order valence-corrected chi connectivity index (χ0v) is 15.2. The summed E-state index contributed by atoms with van der Waals surface area (Å²) in [4.78, 5) is 0. The lowest BCUT2D eigenvalue weighted by molar-refractivity contribution is -0.137. The molecule has 1 aromatic rings. The highest BCUT2D eigenvalue weighted by atomic mass is 19.4. The van der Waals surface area contributed by atoms with Crippen molar-refractivity contribution < 1.29 is 22.3 Å². The number of halogens is 4. The summed E-state index contributed by atoms with van der Waals surface area (Å²) in [6.07, 6.45) is 4.98. The molecule has 1 saturated carbocycles. The van der Waals surface area contributed by atoms with E-state index in [4.69, 9.17) is 10.00 Å². The molecule has 0 N–H and O–H groups in total. The van der Waals surface area contributed by atoms with E-state index in [1.165, 1.54) is 12.1 Å². The van der Waals surface area contributed by atoms with Gasteiger partial charge in [0.25, 0.3) is 0 Å². The SMILES string of the molecule is CO[C@]1(CCC=CC=C(F)C#N)CC[C@H](c2ccc(C(F)(F)F)cc2)CC1. The van der Waals surface area contributed by atoms with Crippen molar-refractivity contribution in [2.75, 3.05) is 7.11 Å². The Morgan fingerprint density at radius 2 is 1.89 bits per heavy atom. The van der Waals surface area contributed by atoms with E-state index in [9.17, 15) is 17.6 Å². The first-order chi connectivity index (χ1) is 12.8. The van der Waals surface area contributed by atoms with Crippen LogP contribution in [0.1, 0.15) is 55.6 Å². The molecule has 0 saturated heterocycles. The molecule has 0 aliphatic heterocycles. The lowest BCUT2D eigenvalue weighted by Crippen LogP contribution is -2.35. The largest absolute Gasteiger partial charge is 0.416 e. The first kappa shape index (κ1) is 21.2. The van der Waals surface area contributed by atoms with E-state index < -0.39 is 17.6 Å². The van der Waals surface area contributed by atoms with Gasteiger partial charge in [0.1, 0.15) is 6.07 Å². The van der Waals surface area contributed by atoms with Crippen LogP contribution in [0.25, 0.3) is 0 Å². The average molecular weight is 381 g/mol. The fourth-order valence-corrected chi connectivity index (χ4v) is 3.61. The summed E-state index contributed by atoms with van der Waals surface area (Å²) in [5.74, 6) is -0.594. The summed E-state index contributed by atoms with van der Waals surface area (Å²) in [5.41, 5.74) is 0.0521. The quantitative estimate of drug-likeness (QED) is 0.322. The Bertz CT molecular complexity index is 705. The molecule has 1 aliphatic carbocycles. The molecular weight excluding hydrogens is 358 g/mol. The van der Waals surface area contributed by atoms with Gasteiger partial charge in [0, 0.05) is 7.11 Å². The van der Waals surface area contributed by atoms with Gasteiger partial charge in [-0.05, 0) is 68.2 Å². The molecule has 1 fully saturated rings. The highest BCUT2D eigenvalue weighted by Crippen LogP contribution is 2.42. The Labute approximate surface area is 157 Å². The van der Waals surface area contributed by atoms with Crippen molar-refractivity contribution in [1.29, 1.82) is 5.26 Å². The van der Waals surface area contributed by atoms with Crippen LogP contribution in [-0.4, -0.2) is 12.7 Å². The molecule has 0 unspecified atom stereocenters. The third-order valence-electron chi connectivity index (χ3n) is 5.29. The molecular formula is C21H23F4NO. The maximum absolute atomic E-state index is 12.7. The molecule has 0 spiro atoms. The zero-order chi connectivity index (χ0) is 19.9. The van der Waals surface area contributed by atoms with Crippen molar-refractivity contribution in [3.05, 3.63) is 59.4 Å². The van der Waals surface area contributed by atoms with E-state index >= 15 is 0 Å². The van der Waals surface area contributed by atoms with E-state index in [0.29, 0.717) is 6.42 Å². The minimum absolute atomic E-state index is 0.235. The van der Waals surface area contributed by atoms with Crippen molar-refractivity contribution in [2.45, 2.75) is 56.2 Å². The number of allylic oxidation sites excluding steroid dienone is 4. The van der Waals surface area contributed by atoms with Crippen LogP contribution in [0.4, 0.5) is 17.6 Å². The summed E-state index contributed by atoms with van der Waals surface area (Å²) in [6.45, 7) is 0. The summed E-state index contributed by atoms with van der Waals surface area (Å²) >= 11 is 0. The Balaban J connectivity index is 1.91. The van der Waals surface area contributed by atoms with Crippen molar-refractivity contribution in [2.24, 2.45) is 0 Å². The predicted molar refractivity (Wildman–Crippen MR) is 95.6 cm³/mol. The van der Waals surface area contributed by atoms with Gasteiger partial charge < -0.3 is 4.74 Å². The van der Waals surface area contributed by atoms with Gasteiger partial charge in [-0.3, -0.25) is 0 Å². The second-order valence-corrected chi connectivity index (χ2v) is 6.87. The molecule has 0 bridgehead atoms. The third-order valence-corrected chi connectivity index (χ3v) is 5.29. The van der Waals surface area contributed by atoms with E-state index in [2.05, 4.69) is 0 Å². The van der Waals surface area contributed by atoms with Crippen LogP contribution >= 0.6 is 0 Å². The standard InChI is InChI=1S/C21H23F4NO/c1-27-20(12-4-2-3-5-19(22)15-26)13-10-17(11-14-20)16-6-8-18(9-7-16)21(23,24)25/h2-3,5-9,17H,4,10-14H2,1H3/t17-,20+. The number of methoxy groups -OCH3 is 1. The van der Waals surface area contributed by atoms with Crippen LogP contribution in [0.3, 0.4) is 0 Å². The number of rotatable bonds is 6. The first-order valence-corrected chi connectivity index (χ1v) is 8.94. The van der Waals surface area contributed by atoms with Crippen molar-refractivity contribution in [3.8, 4) is 6.07 Å². The number of nitrogens with zero attached hydrogens (tertiary/aromatic N) is 1. The van der Waals surface area contributed by atoms with Gasteiger partial charge in [-0.15, -0.1) is 0 Å².